The van der Waals surface area contributed by atoms with Gasteiger partial charge in [0, 0.05) is 37.9 Å². The summed E-state index contributed by atoms with van der Waals surface area (Å²) in [4.78, 5) is 16.2. The summed E-state index contributed by atoms with van der Waals surface area (Å²) in [6.45, 7) is 2.93. The summed E-state index contributed by atoms with van der Waals surface area (Å²) >= 11 is 0. The Kier molecular flexibility index (Phi) is 4.60. The highest BCUT2D eigenvalue weighted by Crippen LogP contribution is 2.25. The van der Waals surface area contributed by atoms with Gasteiger partial charge >= 0.3 is 0 Å². The van der Waals surface area contributed by atoms with Crippen molar-refractivity contribution in [3.63, 3.8) is 0 Å². The van der Waals surface area contributed by atoms with Gasteiger partial charge in [-0.15, -0.1) is 15.0 Å². The lowest BCUT2D eigenvalue weighted by molar-refractivity contribution is -0.384. The third kappa shape index (κ3) is 3.23. The molecule has 1 aliphatic heterocycles. The van der Waals surface area contributed by atoms with E-state index >= 15 is 0 Å². The molecule has 140 valence electrons. The minimum atomic E-state index is -0.483. The first kappa shape index (κ1) is 17.5. The molecule has 9 nitrogen and oxygen atoms in total. The molecule has 0 spiro atoms. The molecule has 2 aromatic carbocycles. The van der Waals surface area contributed by atoms with Crippen LogP contribution in [0.25, 0.3) is 5.69 Å². The van der Waals surface area contributed by atoms with Crippen molar-refractivity contribution in [2.24, 2.45) is 0 Å². The van der Waals surface area contributed by atoms with E-state index in [9.17, 15) is 15.4 Å². The van der Waals surface area contributed by atoms with Gasteiger partial charge in [0.2, 0.25) is 5.69 Å². The molecule has 1 aliphatic rings. The fourth-order valence-corrected chi connectivity index (χ4v) is 3.29. The number of rotatable bonds is 4. The second kappa shape index (κ2) is 7.36. The number of nitro benzene ring substituents is 1. The number of anilines is 2. The minimum absolute atomic E-state index is 0.109. The molecule has 0 N–H and O–H groups in total. The van der Waals surface area contributed by atoms with Gasteiger partial charge in [0.05, 0.1) is 4.92 Å². The zero-order valence-corrected chi connectivity index (χ0v) is 15.0. The number of para-hydroxylation sites is 3. The number of piperazine rings is 1. The first-order valence-corrected chi connectivity index (χ1v) is 8.83. The lowest BCUT2D eigenvalue weighted by Gasteiger charge is -2.36. The van der Waals surface area contributed by atoms with Gasteiger partial charge in [0.25, 0.3) is 5.69 Å². The molecule has 9 heteroatoms. The zero-order chi connectivity index (χ0) is 19.5. The van der Waals surface area contributed by atoms with Gasteiger partial charge in [-0.1, -0.05) is 30.3 Å². The molecule has 0 aliphatic carbocycles. The van der Waals surface area contributed by atoms with Crippen molar-refractivity contribution in [2.75, 3.05) is 36.0 Å². The molecule has 4 rings (SSSR count). The second-order valence-electron chi connectivity index (χ2n) is 6.33. The van der Waals surface area contributed by atoms with E-state index in [4.69, 9.17) is 0 Å². The van der Waals surface area contributed by atoms with Crippen molar-refractivity contribution < 1.29 is 4.92 Å². The van der Waals surface area contributed by atoms with Gasteiger partial charge in [0.15, 0.2) is 11.5 Å². The van der Waals surface area contributed by atoms with Crippen LogP contribution in [0.4, 0.5) is 17.2 Å². The Bertz CT molecular complexity index is 1030. The van der Waals surface area contributed by atoms with Gasteiger partial charge < -0.3 is 9.80 Å². The topological polar surface area (TPSA) is 104 Å². The van der Waals surface area contributed by atoms with Crippen LogP contribution in [0, 0.1) is 21.4 Å². The summed E-state index contributed by atoms with van der Waals surface area (Å²) in [5.41, 5.74) is 1.44. The summed E-state index contributed by atoms with van der Waals surface area (Å²) in [5, 5.41) is 29.3. The molecule has 3 aromatic rings. The van der Waals surface area contributed by atoms with Gasteiger partial charge in [-0.3, -0.25) is 10.1 Å². The van der Waals surface area contributed by atoms with E-state index in [0.717, 1.165) is 18.8 Å². The van der Waals surface area contributed by atoms with Crippen molar-refractivity contribution in [1.82, 2.24) is 15.0 Å². The molecule has 0 amide bonds. The smallest absolute Gasteiger partial charge is 0.296 e. The van der Waals surface area contributed by atoms with E-state index in [1.807, 2.05) is 23.1 Å². The van der Waals surface area contributed by atoms with Crippen molar-refractivity contribution in [2.45, 2.75) is 0 Å². The maximum Gasteiger partial charge on any atom is 0.296 e. The molecule has 1 aromatic heterocycles. The first-order valence-electron chi connectivity index (χ1n) is 8.83. The van der Waals surface area contributed by atoms with Crippen LogP contribution in [0.5, 0.6) is 0 Å². The molecule has 0 unspecified atom stereocenters. The Morgan fingerprint density at radius 1 is 0.929 bits per heavy atom. The highest BCUT2D eigenvalue weighted by Gasteiger charge is 2.25. The summed E-state index contributed by atoms with van der Waals surface area (Å²) in [6.07, 6.45) is 0. The Balaban J connectivity index is 1.59. The SMILES string of the molecule is N#Cc1nn(-c2ccccc2[N+](=O)[O-])nc1N1CCN(c2ccccc2)CC1. The van der Waals surface area contributed by atoms with Gasteiger partial charge in [0.1, 0.15) is 6.07 Å². The predicted molar refractivity (Wildman–Crippen MR) is 104 cm³/mol. The van der Waals surface area contributed by atoms with Crippen LogP contribution in [-0.2, 0) is 0 Å². The quantitative estimate of drug-likeness (QED) is 0.509. The molecular formula is C19H17N7O2. The number of hydrogen-bond acceptors (Lipinski definition) is 7. The fourth-order valence-electron chi connectivity index (χ4n) is 3.29. The lowest BCUT2D eigenvalue weighted by Crippen LogP contribution is -2.47. The summed E-state index contributed by atoms with van der Waals surface area (Å²) in [6, 6.07) is 18.4. The number of nitrogens with zero attached hydrogens (tertiary/aromatic N) is 7. The average Bonchev–Trinajstić information content (AvgIpc) is 3.19. The zero-order valence-electron chi connectivity index (χ0n) is 15.0. The van der Waals surface area contributed by atoms with E-state index in [1.54, 1.807) is 18.2 Å². The van der Waals surface area contributed by atoms with E-state index in [2.05, 4.69) is 33.3 Å². The molecule has 0 bridgehead atoms. The van der Waals surface area contributed by atoms with Crippen molar-refractivity contribution in [3.05, 3.63) is 70.4 Å². The molecule has 2 heterocycles. The Hall–Kier alpha value is -3.93. The van der Waals surface area contributed by atoms with Crippen LogP contribution >= 0.6 is 0 Å². The second-order valence-corrected chi connectivity index (χ2v) is 6.33. The normalized spacial score (nSPS) is 14.0. The monoisotopic (exact) mass is 375 g/mol. The maximum atomic E-state index is 11.3. The van der Waals surface area contributed by atoms with Crippen LogP contribution in [0.2, 0.25) is 0 Å². The molecule has 0 atom stereocenters. The number of hydrogen-bond donors (Lipinski definition) is 0. The van der Waals surface area contributed by atoms with Gasteiger partial charge in [-0.2, -0.15) is 5.26 Å². The van der Waals surface area contributed by atoms with Crippen molar-refractivity contribution in [1.29, 1.82) is 5.26 Å². The first-order chi connectivity index (χ1) is 13.7. The third-order valence-electron chi connectivity index (χ3n) is 4.70. The largest absolute Gasteiger partial charge is 0.368 e. The van der Waals surface area contributed by atoms with Crippen LogP contribution in [0.15, 0.2) is 54.6 Å². The van der Waals surface area contributed by atoms with E-state index in [1.165, 1.54) is 10.9 Å². The van der Waals surface area contributed by atoms with Crippen LogP contribution in [0.1, 0.15) is 5.69 Å². The van der Waals surface area contributed by atoms with Crippen molar-refractivity contribution >= 4 is 17.2 Å². The van der Waals surface area contributed by atoms with Crippen LogP contribution in [0.3, 0.4) is 0 Å². The Morgan fingerprint density at radius 3 is 2.25 bits per heavy atom. The Labute approximate surface area is 161 Å². The van der Waals surface area contributed by atoms with Gasteiger partial charge in [-0.05, 0) is 18.2 Å². The average molecular weight is 375 g/mol. The Morgan fingerprint density at radius 2 is 1.57 bits per heavy atom. The van der Waals surface area contributed by atoms with Crippen molar-refractivity contribution in [3.8, 4) is 11.8 Å². The van der Waals surface area contributed by atoms with E-state index < -0.39 is 4.92 Å². The minimum Gasteiger partial charge on any atom is -0.368 e. The lowest BCUT2D eigenvalue weighted by atomic mass is 10.2. The molecule has 28 heavy (non-hydrogen) atoms. The van der Waals surface area contributed by atoms with Crippen LogP contribution < -0.4 is 9.80 Å². The summed E-state index contributed by atoms with van der Waals surface area (Å²) in [7, 11) is 0. The third-order valence-corrected chi connectivity index (χ3v) is 4.70. The standard InChI is InChI=1S/C19H17N7O2/c20-14-16-19(22-25(21-16)17-8-4-5-9-18(17)26(27)28)24-12-10-23(11-13-24)15-6-2-1-3-7-15/h1-9H,10-13H2. The summed E-state index contributed by atoms with van der Waals surface area (Å²) < 4.78 is 0. The summed E-state index contributed by atoms with van der Waals surface area (Å²) in [5.74, 6) is 0.452. The highest BCUT2D eigenvalue weighted by atomic mass is 16.6. The van der Waals surface area contributed by atoms with E-state index in [0.29, 0.717) is 18.9 Å². The molecule has 1 saturated heterocycles. The molecular weight excluding hydrogens is 358 g/mol. The number of nitriles is 1. The number of benzene rings is 2. The molecule has 0 radical (unpaired) electrons. The predicted octanol–water partition coefficient (Wildman–Crippen LogP) is 2.37. The van der Waals surface area contributed by atoms with Crippen LogP contribution in [-0.4, -0.2) is 46.1 Å². The number of aromatic nitrogens is 3. The molecule has 0 saturated carbocycles. The number of nitro groups is 1. The van der Waals surface area contributed by atoms with E-state index in [-0.39, 0.29) is 17.1 Å². The fraction of sp³-hybridized carbons (Fsp3) is 0.211. The molecule has 1 fully saturated rings. The van der Waals surface area contributed by atoms with Gasteiger partial charge in [-0.25, -0.2) is 0 Å². The highest BCUT2D eigenvalue weighted by molar-refractivity contribution is 5.56. The maximum absolute atomic E-state index is 11.3.